The van der Waals surface area contributed by atoms with Gasteiger partial charge in [0.05, 0.1) is 0 Å². The lowest BCUT2D eigenvalue weighted by atomic mass is 9.73. The summed E-state index contributed by atoms with van der Waals surface area (Å²) >= 11 is 0. The van der Waals surface area contributed by atoms with E-state index in [-0.39, 0.29) is 5.41 Å². The minimum Gasteiger partial charge on any atom is -0.317 e. The Balaban J connectivity index is 2.34. The van der Waals surface area contributed by atoms with Gasteiger partial charge < -0.3 is 5.32 Å². The first-order valence-corrected chi connectivity index (χ1v) is 6.35. The molecule has 1 aromatic carbocycles. The molecule has 0 amide bonds. The molecule has 0 bridgehead atoms. The second-order valence-electron chi connectivity index (χ2n) is 4.84. The molecule has 1 aliphatic rings. The highest BCUT2D eigenvalue weighted by Crippen LogP contribution is 2.35. The van der Waals surface area contributed by atoms with E-state index in [0.29, 0.717) is 6.04 Å². The molecular weight excluding hydrogens is 206 g/mol. The zero-order valence-electron chi connectivity index (χ0n) is 10.7. The summed E-state index contributed by atoms with van der Waals surface area (Å²) in [5.74, 6) is 0. The molecule has 1 aromatic rings. The van der Waals surface area contributed by atoms with Gasteiger partial charge in [0.25, 0.3) is 0 Å². The van der Waals surface area contributed by atoms with Gasteiger partial charge >= 0.3 is 0 Å². The lowest BCUT2D eigenvalue weighted by molar-refractivity contribution is 0.473. The Morgan fingerprint density at radius 2 is 1.82 bits per heavy atom. The molecule has 1 atom stereocenters. The summed E-state index contributed by atoms with van der Waals surface area (Å²) in [6, 6.07) is 11.3. The predicted molar refractivity (Wildman–Crippen MR) is 74.2 cm³/mol. The molecule has 0 heterocycles. The molecule has 1 nitrogen and oxygen atoms in total. The van der Waals surface area contributed by atoms with Gasteiger partial charge in [0.15, 0.2) is 0 Å². The lowest BCUT2D eigenvalue weighted by Gasteiger charge is -2.32. The van der Waals surface area contributed by atoms with Gasteiger partial charge in [0.2, 0.25) is 0 Å². The van der Waals surface area contributed by atoms with Gasteiger partial charge in [-0.05, 0) is 32.4 Å². The van der Waals surface area contributed by atoms with Crippen LogP contribution in [0.3, 0.4) is 0 Å². The molecule has 0 aliphatic heterocycles. The maximum Gasteiger partial charge on any atom is 0.0327 e. The van der Waals surface area contributed by atoms with E-state index in [1.165, 1.54) is 5.56 Å². The van der Waals surface area contributed by atoms with Crippen molar-refractivity contribution in [2.75, 3.05) is 7.05 Å². The normalized spacial score (nSPS) is 19.2. The van der Waals surface area contributed by atoms with E-state index in [9.17, 15) is 0 Å². The summed E-state index contributed by atoms with van der Waals surface area (Å²) in [6.07, 6.45) is 11.4. The zero-order chi connectivity index (χ0) is 12.1. The molecule has 0 saturated heterocycles. The fourth-order valence-corrected chi connectivity index (χ4v) is 2.49. The van der Waals surface area contributed by atoms with Gasteiger partial charge in [0.1, 0.15) is 0 Å². The van der Waals surface area contributed by atoms with Crippen molar-refractivity contribution >= 4 is 0 Å². The molecule has 1 N–H and O–H groups in total. The van der Waals surface area contributed by atoms with Gasteiger partial charge in [-0.25, -0.2) is 0 Å². The zero-order valence-corrected chi connectivity index (χ0v) is 10.7. The Hall–Kier alpha value is -1.34. The van der Waals surface area contributed by atoms with Crippen LogP contribution in [-0.4, -0.2) is 13.1 Å². The largest absolute Gasteiger partial charge is 0.317 e. The van der Waals surface area contributed by atoms with Crippen LogP contribution in [0.1, 0.15) is 25.3 Å². The van der Waals surface area contributed by atoms with Crippen molar-refractivity contribution in [1.29, 1.82) is 0 Å². The summed E-state index contributed by atoms with van der Waals surface area (Å²) in [5.41, 5.74) is 1.45. The Morgan fingerprint density at radius 1 is 1.18 bits per heavy atom. The van der Waals surface area contributed by atoms with Crippen LogP contribution in [0.4, 0.5) is 0 Å². The summed E-state index contributed by atoms with van der Waals surface area (Å²) < 4.78 is 0. The van der Waals surface area contributed by atoms with E-state index in [1.54, 1.807) is 0 Å². The molecule has 0 aromatic heterocycles. The summed E-state index contributed by atoms with van der Waals surface area (Å²) in [4.78, 5) is 0. The number of nitrogens with one attached hydrogen (secondary N) is 1. The standard InChI is InChI=1S/C16H21N/c1-14(17-2)13-16(11-7-4-8-12-16)15-9-5-3-6-10-15/h3,5-12,14,17H,4,13H2,1-2H3. The van der Waals surface area contributed by atoms with Crippen molar-refractivity contribution in [3.05, 3.63) is 60.2 Å². The first-order valence-electron chi connectivity index (χ1n) is 6.35. The molecular formula is C16H21N. The highest BCUT2D eigenvalue weighted by molar-refractivity contribution is 5.39. The van der Waals surface area contributed by atoms with Crippen molar-refractivity contribution in [2.24, 2.45) is 0 Å². The van der Waals surface area contributed by atoms with Gasteiger partial charge in [0, 0.05) is 11.5 Å². The van der Waals surface area contributed by atoms with Gasteiger partial charge in [-0.2, -0.15) is 0 Å². The second-order valence-corrected chi connectivity index (χ2v) is 4.84. The monoisotopic (exact) mass is 227 g/mol. The maximum atomic E-state index is 3.34. The summed E-state index contributed by atoms with van der Waals surface area (Å²) in [7, 11) is 2.03. The quantitative estimate of drug-likeness (QED) is 0.777. The van der Waals surface area contributed by atoms with E-state index in [0.717, 1.165) is 12.8 Å². The molecule has 1 aliphatic carbocycles. The third kappa shape index (κ3) is 2.67. The van der Waals surface area contributed by atoms with Crippen LogP contribution in [0.2, 0.25) is 0 Å². The topological polar surface area (TPSA) is 12.0 Å². The molecule has 17 heavy (non-hydrogen) atoms. The fourth-order valence-electron chi connectivity index (χ4n) is 2.49. The molecule has 90 valence electrons. The van der Waals surface area contributed by atoms with Crippen LogP contribution in [0.5, 0.6) is 0 Å². The van der Waals surface area contributed by atoms with E-state index in [2.05, 4.69) is 66.9 Å². The average Bonchev–Trinajstić information content (AvgIpc) is 2.40. The minimum atomic E-state index is 0.0714. The van der Waals surface area contributed by atoms with Crippen molar-refractivity contribution in [1.82, 2.24) is 5.32 Å². The SMILES string of the molecule is CNC(C)CC1(c2ccccc2)C=CCC=C1. The molecule has 0 fully saturated rings. The number of allylic oxidation sites excluding steroid dienone is 4. The molecule has 1 unspecified atom stereocenters. The van der Waals surface area contributed by atoms with Crippen molar-refractivity contribution in [3.63, 3.8) is 0 Å². The number of rotatable bonds is 4. The van der Waals surface area contributed by atoms with Crippen LogP contribution in [0.25, 0.3) is 0 Å². The van der Waals surface area contributed by atoms with E-state index >= 15 is 0 Å². The smallest absolute Gasteiger partial charge is 0.0327 e. The maximum absolute atomic E-state index is 3.34. The fraction of sp³-hybridized carbons (Fsp3) is 0.375. The summed E-state index contributed by atoms with van der Waals surface area (Å²) in [5, 5.41) is 3.34. The molecule has 0 radical (unpaired) electrons. The van der Waals surface area contributed by atoms with Crippen LogP contribution in [-0.2, 0) is 5.41 Å². The van der Waals surface area contributed by atoms with Crippen molar-refractivity contribution in [2.45, 2.75) is 31.2 Å². The third-order valence-electron chi connectivity index (χ3n) is 3.55. The second kappa shape index (κ2) is 5.33. The molecule has 2 rings (SSSR count). The first-order chi connectivity index (χ1) is 8.27. The molecule has 0 saturated carbocycles. The van der Waals surface area contributed by atoms with Crippen LogP contribution < -0.4 is 5.32 Å². The first kappa shape index (κ1) is 12.1. The Bertz CT molecular complexity index is 391. The Labute approximate surface area is 104 Å². The highest BCUT2D eigenvalue weighted by atomic mass is 14.9. The van der Waals surface area contributed by atoms with Gasteiger partial charge in [-0.1, -0.05) is 54.6 Å². The van der Waals surface area contributed by atoms with Gasteiger partial charge in [-0.3, -0.25) is 0 Å². The van der Waals surface area contributed by atoms with Crippen molar-refractivity contribution < 1.29 is 0 Å². The van der Waals surface area contributed by atoms with E-state index < -0.39 is 0 Å². The van der Waals surface area contributed by atoms with Crippen LogP contribution in [0, 0.1) is 0 Å². The van der Waals surface area contributed by atoms with E-state index in [4.69, 9.17) is 0 Å². The Kier molecular flexibility index (Phi) is 3.80. The number of hydrogen-bond acceptors (Lipinski definition) is 1. The average molecular weight is 227 g/mol. The minimum absolute atomic E-state index is 0.0714. The number of benzene rings is 1. The highest BCUT2D eigenvalue weighted by Gasteiger charge is 2.28. The predicted octanol–water partition coefficient (Wildman–Crippen LogP) is 3.44. The van der Waals surface area contributed by atoms with Crippen LogP contribution in [0.15, 0.2) is 54.6 Å². The van der Waals surface area contributed by atoms with Crippen LogP contribution >= 0.6 is 0 Å². The lowest BCUT2D eigenvalue weighted by Crippen LogP contribution is -2.33. The molecule has 1 heteroatoms. The Morgan fingerprint density at radius 3 is 2.41 bits per heavy atom. The van der Waals surface area contributed by atoms with E-state index in [1.807, 2.05) is 7.05 Å². The molecule has 0 spiro atoms. The summed E-state index contributed by atoms with van der Waals surface area (Å²) in [6.45, 7) is 2.24. The van der Waals surface area contributed by atoms with Crippen molar-refractivity contribution in [3.8, 4) is 0 Å². The number of hydrogen-bond donors (Lipinski definition) is 1. The van der Waals surface area contributed by atoms with Gasteiger partial charge in [-0.15, -0.1) is 0 Å². The third-order valence-corrected chi connectivity index (χ3v) is 3.55.